The third kappa shape index (κ3) is 8.40. The molecule has 1 aliphatic heterocycles. The van der Waals surface area contributed by atoms with Gasteiger partial charge in [-0.25, -0.2) is 0 Å². The van der Waals surface area contributed by atoms with Crippen LogP contribution in [0.15, 0.2) is 109 Å². The van der Waals surface area contributed by atoms with Crippen molar-refractivity contribution < 1.29 is 38.3 Å². The first-order chi connectivity index (χ1) is 21.9. The van der Waals surface area contributed by atoms with Crippen molar-refractivity contribution in [2.24, 2.45) is 0 Å². The summed E-state index contributed by atoms with van der Waals surface area (Å²) >= 11 is 0. The van der Waals surface area contributed by atoms with Crippen LogP contribution < -0.4 is 9.47 Å². The lowest BCUT2D eigenvalue weighted by atomic mass is 9.98. The lowest BCUT2D eigenvalue weighted by Crippen LogP contribution is -2.62. The highest BCUT2D eigenvalue weighted by molar-refractivity contribution is 5.37. The van der Waals surface area contributed by atoms with Gasteiger partial charge in [-0.1, -0.05) is 60.7 Å². The molecule has 1 heterocycles. The molecule has 0 spiro atoms. The van der Waals surface area contributed by atoms with Crippen LogP contribution in [0.5, 0.6) is 11.5 Å². The van der Waals surface area contributed by atoms with Crippen LogP contribution >= 0.6 is 0 Å². The number of hydrogen-bond donors (Lipinski definition) is 0. The molecule has 0 bridgehead atoms. The van der Waals surface area contributed by atoms with Crippen molar-refractivity contribution in [2.75, 3.05) is 13.7 Å². The van der Waals surface area contributed by atoms with Gasteiger partial charge in [0.25, 0.3) is 11.4 Å². The standard InChI is InChI=1S/C33H32N2O10/c1-40-31-30(42-20-23-8-4-2-5-9-23)29(22-41-27-16-12-25(13-17-27)34(36)37)45-33(32(31)43-21-24-10-6-3-7-11-24)44-28-18-14-26(15-19-28)35(38)39/h2-19,29-33H,20-22H2,1H3/t29-,30+,31+,32-,33+/m1/s1. The van der Waals surface area contributed by atoms with Crippen molar-refractivity contribution in [2.45, 2.75) is 43.9 Å². The van der Waals surface area contributed by atoms with Gasteiger partial charge in [0.05, 0.1) is 23.1 Å². The molecule has 0 saturated carbocycles. The van der Waals surface area contributed by atoms with E-state index in [-0.39, 0.29) is 31.2 Å². The number of nitrogens with zero attached hydrogens (tertiary/aromatic N) is 2. The van der Waals surface area contributed by atoms with Crippen LogP contribution in [-0.4, -0.2) is 54.3 Å². The molecule has 45 heavy (non-hydrogen) atoms. The largest absolute Gasteiger partial charge is 0.491 e. The third-order valence-corrected chi connectivity index (χ3v) is 7.20. The topological polar surface area (TPSA) is 142 Å². The number of non-ortho nitro benzene ring substituents is 2. The van der Waals surface area contributed by atoms with Gasteiger partial charge >= 0.3 is 0 Å². The van der Waals surface area contributed by atoms with Crippen molar-refractivity contribution >= 4 is 11.4 Å². The smallest absolute Gasteiger partial charge is 0.269 e. The van der Waals surface area contributed by atoms with E-state index >= 15 is 0 Å². The Kier molecular flexibility index (Phi) is 10.7. The van der Waals surface area contributed by atoms with E-state index in [0.717, 1.165) is 11.1 Å². The number of nitro benzene ring substituents is 2. The normalized spacial score (nSPS) is 21.1. The maximum absolute atomic E-state index is 11.2. The van der Waals surface area contributed by atoms with Crippen molar-refractivity contribution in [1.29, 1.82) is 0 Å². The number of methoxy groups -OCH3 is 1. The number of hydrogen-bond acceptors (Lipinski definition) is 10. The minimum absolute atomic E-state index is 0.0113. The summed E-state index contributed by atoms with van der Waals surface area (Å²) in [5.41, 5.74) is 1.72. The predicted molar refractivity (Wildman–Crippen MR) is 162 cm³/mol. The molecule has 0 aliphatic carbocycles. The Bertz CT molecular complexity index is 1520. The highest BCUT2D eigenvalue weighted by Gasteiger charge is 2.49. The molecule has 0 radical (unpaired) electrons. The summed E-state index contributed by atoms with van der Waals surface area (Å²) < 4.78 is 37.5. The Hall–Kier alpha value is -4.88. The number of ether oxygens (including phenoxy) is 6. The van der Waals surface area contributed by atoms with E-state index in [1.54, 1.807) is 7.11 Å². The van der Waals surface area contributed by atoms with E-state index in [9.17, 15) is 20.2 Å². The van der Waals surface area contributed by atoms with Gasteiger partial charge in [-0.15, -0.1) is 0 Å². The first-order valence-electron chi connectivity index (χ1n) is 14.2. The second kappa shape index (κ2) is 15.2. The van der Waals surface area contributed by atoms with E-state index < -0.39 is 40.6 Å². The minimum Gasteiger partial charge on any atom is -0.491 e. The van der Waals surface area contributed by atoms with Crippen molar-refractivity contribution in [3.05, 3.63) is 141 Å². The molecule has 0 N–H and O–H groups in total. The Balaban J connectivity index is 1.42. The van der Waals surface area contributed by atoms with Gasteiger partial charge < -0.3 is 28.4 Å². The van der Waals surface area contributed by atoms with Crippen LogP contribution in [0.4, 0.5) is 11.4 Å². The first-order valence-corrected chi connectivity index (χ1v) is 14.2. The molecule has 234 valence electrons. The fraction of sp³-hybridized carbons (Fsp3) is 0.273. The van der Waals surface area contributed by atoms with Crippen molar-refractivity contribution in [3.63, 3.8) is 0 Å². The summed E-state index contributed by atoms with van der Waals surface area (Å²) in [6, 6.07) is 30.6. The molecule has 4 aromatic carbocycles. The Morgan fingerprint density at radius 1 is 0.644 bits per heavy atom. The van der Waals surface area contributed by atoms with Crippen molar-refractivity contribution in [3.8, 4) is 11.5 Å². The van der Waals surface area contributed by atoms with Crippen LogP contribution in [0.2, 0.25) is 0 Å². The second-order valence-corrected chi connectivity index (χ2v) is 10.2. The van der Waals surface area contributed by atoms with Crippen LogP contribution in [0, 0.1) is 20.2 Å². The monoisotopic (exact) mass is 616 g/mol. The number of benzene rings is 4. The van der Waals surface area contributed by atoms with Gasteiger partial charge in [0.2, 0.25) is 6.29 Å². The minimum atomic E-state index is -1.03. The summed E-state index contributed by atoms with van der Waals surface area (Å²) in [6.45, 7) is 0.467. The van der Waals surface area contributed by atoms with Crippen LogP contribution in [0.3, 0.4) is 0 Å². The summed E-state index contributed by atoms with van der Waals surface area (Å²) in [5.74, 6) is 0.725. The summed E-state index contributed by atoms with van der Waals surface area (Å²) in [6.07, 6.45) is -3.94. The fourth-order valence-corrected chi connectivity index (χ4v) is 4.91. The molecule has 5 atom stereocenters. The average Bonchev–Trinajstić information content (AvgIpc) is 3.07. The van der Waals surface area contributed by atoms with E-state index in [1.165, 1.54) is 48.5 Å². The van der Waals surface area contributed by atoms with E-state index in [2.05, 4.69) is 0 Å². The molecule has 1 fully saturated rings. The lowest BCUT2D eigenvalue weighted by Gasteiger charge is -2.45. The van der Waals surface area contributed by atoms with Gasteiger partial charge in [0.1, 0.15) is 42.5 Å². The molecule has 0 amide bonds. The molecule has 0 aromatic heterocycles. The quantitative estimate of drug-likeness (QED) is 0.125. The summed E-state index contributed by atoms with van der Waals surface area (Å²) in [4.78, 5) is 21.3. The highest BCUT2D eigenvalue weighted by atomic mass is 16.7. The molecule has 1 saturated heterocycles. The fourth-order valence-electron chi connectivity index (χ4n) is 4.91. The SMILES string of the molecule is CO[C@H]1[C@@H](OCc2ccccc2)[C@@H](COc2ccc([N+](=O)[O-])cc2)O[C@H](Oc2ccc([N+](=O)[O-])cc2)[C@@H]1OCc1ccccc1. The zero-order valence-electron chi connectivity index (χ0n) is 24.4. The van der Waals surface area contributed by atoms with E-state index in [1.807, 2.05) is 60.7 Å². The molecule has 5 rings (SSSR count). The van der Waals surface area contributed by atoms with Crippen molar-refractivity contribution in [1.82, 2.24) is 0 Å². The maximum Gasteiger partial charge on any atom is 0.269 e. The van der Waals surface area contributed by atoms with Gasteiger partial charge in [0, 0.05) is 31.4 Å². The molecule has 12 heteroatoms. The Morgan fingerprint density at radius 2 is 1.13 bits per heavy atom. The van der Waals surface area contributed by atoms with Crippen LogP contribution in [0.25, 0.3) is 0 Å². The molecule has 1 aliphatic rings. The lowest BCUT2D eigenvalue weighted by molar-refractivity contribution is -0.385. The zero-order valence-corrected chi connectivity index (χ0v) is 24.4. The zero-order chi connectivity index (χ0) is 31.6. The Labute approximate surface area is 259 Å². The molecule has 0 unspecified atom stereocenters. The van der Waals surface area contributed by atoms with Crippen LogP contribution in [-0.2, 0) is 32.2 Å². The van der Waals surface area contributed by atoms with Crippen LogP contribution in [0.1, 0.15) is 11.1 Å². The molecule has 4 aromatic rings. The maximum atomic E-state index is 11.2. The third-order valence-electron chi connectivity index (χ3n) is 7.20. The Morgan fingerprint density at radius 3 is 1.62 bits per heavy atom. The first kappa shape index (κ1) is 31.5. The second-order valence-electron chi connectivity index (χ2n) is 10.2. The van der Waals surface area contributed by atoms with Gasteiger partial charge in [-0.2, -0.15) is 0 Å². The average molecular weight is 617 g/mol. The molecular weight excluding hydrogens is 584 g/mol. The number of rotatable bonds is 14. The molecule has 12 nitrogen and oxygen atoms in total. The number of nitro groups is 2. The predicted octanol–water partition coefficient (Wildman–Crippen LogP) is 5.87. The van der Waals surface area contributed by atoms with Gasteiger partial charge in [-0.05, 0) is 35.4 Å². The van der Waals surface area contributed by atoms with Gasteiger partial charge in [-0.3, -0.25) is 20.2 Å². The van der Waals surface area contributed by atoms with E-state index in [0.29, 0.717) is 11.5 Å². The summed E-state index contributed by atoms with van der Waals surface area (Å²) in [5, 5.41) is 22.3. The summed E-state index contributed by atoms with van der Waals surface area (Å²) in [7, 11) is 1.55. The van der Waals surface area contributed by atoms with Gasteiger partial charge in [0.15, 0.2) is 0 Å². The molecular formula is C33H32N2O10. The van der Waals surface area contributed by atoms with E-state index in [4.69, 9.17) is 28.4 Å². The highest BCUT2D eigenvalue weighted by Crippen LogP contribution is 2.32.